The molecule has 0 aliphatic carbocycles. The molecule has 0 amide bonds. The predicted octanol–water partition coefficient (Wildman–Crippen LogP) is 18.0. The van der Waals surface area contributed by atoms with Crippen molar-refractivity contribution in [3.05, 3.63) is 310 Å². The van der Waals surface area contributed by atoms with Crippen molar-refractivity contribution in [1.29, 1.82) is 0 Å². The number of para-hydroxylation sites is 1. The van der Waals surface area contributed by atoms with Gasteiger partial charge in [0.1, 0.15) is 11.5 Å². The maximum Gasteiger partial charge on any atom is 0.308 e. The molecule has 0 atom stereocenters. The lowest BCUT2D eigenvalue weighted by Gasteiger charge is -2.26. The number of carbonyl (C=O) groups excluding carboxylic acids is 4. The minimum Gasteiger partial charge on any atom is -0.427 e. The van der Waals surface area contributed by atoms with Crippen LogP contribution >= 0.6 is 0 Å². The Balaban J connectivity index is 0.000000211. The number of benzene rings is 9. The number of esters is 2. The molecule has 0 spiro atoms. The highest BCUT2D eigenvalue weighted by Gasteiger charge is 2.24. The van der Waals surface area contributed by atoms with Gasteiger partial charge in [-0.3, -0.25) is 19.2 Å². The summed E-state index contributed by atoms with van der Waals surface area (Å²) in [7, 11) is 0. The van der Waals surface area contributed by atoms with Crippen molar-refractivity contribution >= 4 is 23.5 Å². The zero-order valence-electron chi connectivity index (χ0n) is 48.2. The third kappa shape index (κ3) is 21.3. The SMILES string of the molecule is CC(=O)Oc1ccc(C(C)(C)c2ccccc2)cc1.CC(=O)Oc1ccccc1.CC(=O)c1ccc(C(C)(C)c2ccccc2)cc1.CC(=O)c1ccccc1.Cc1ccc(C(C)(C)c2ccccc2)cc1.Cc1ccccc1. The van der Waals surface area contributed by atoms with Gasteiger partial charge in [0.25, 0.3) is 0 Å². The van der Waals surface area contributed by atoms with Crippen molar-refractivity contribution in [2.24, 2.45) is 0 Å². The van der Waals surface area contributed by atoms with Crippen molar-refractivity contribution in [2.75, 3.05) is 0 Å². The van der Waals surface area contributed by atoms with E-state index in [1.54, 1.807) is 26.0 Å². The second-order valence-electron chi connectivity index (χ2n) is 20.6. The molecular formula is C73H78O6. The largest absolute Gasteiger partial charge is 0.427 e. The lowest BCUT2D eigenvalue weighted by molar-refractivity contribution is -0.132. The van der Waals surface area contributed by atoms with Crippen LogP contribution in [0, 0.1) is 13.8 Å². The van der Waals surface area contributed by atoms with Gasteiger partial charge in [0.2, 0.25) is 0 Å². The molecule has 0 aliphatic heterocycles. The monoisotopic (exact) mass is 1050 g/mol. The number of ether oxygens (including phenoxy) is 2. The van der Waals surface area contributed by atoms with Gasteiger partial charge < -0.3 is 9.47 Å². The summed E-state index contributed by atoms with van der Waals surface area (Å²) in [6.45, 7) is 23.5. The predicted molar refractivity (Wildman–Crippen MR) is 326 cm³/mol. The topological polar surface area (TPSA) is 86.7 Å². The van der Waals surface area contributed by atoms with Gasteiger partial charge in [-0.1, -0.05) is 283 Å². The molecule has 0 N–H and O–H groups in total. The quantitative estimate of drug-likeness (QED) is 0.0770. The van der Waals surface area contributed by atoms with Crippen molar-refractivity contribution in [3.63, 3.8) is 0 Å². The van der Waals surface area contributed by atoms with E-state index in [2.05, 4.69) is 159 Å². The van der Waals surface area contributed by atoms with Gasteiger partial charge in [-0.2, -0.15) is 0 Å². The second-order valence-corrected chi connectivity index (χ2v) is 20.6. The zero-order chi connectivity index (χ0) is 57.9. The normalized spacial score (nSPS) is 10.5. The fourth-order valence-corrected chi connectivity index (χ4v) is 8.12. The van der Waals surface area contributed by atoms with Gasteiger partial charge in [0, 0.05) is 41.2 Å². The molecule has 9 rings (SSSR count). The Bertz CT molecular complexity index is 3190. The summed E-state index contributed by atoms with van der Waals surface area (Å²) in [4.78, 5) is 43.2. The number of hydrogen-bond acceptors (Lipinski definition) is 6. The van der Waals surface area contributed by atoms with E-state index < -0.39 is 0 Å². The van der Waals surface area contributed by atoms with E-state index in [1.807, 2.05) is 140 Å². The summed E-state index contributed by atoms with van der Waals surface area (Å²) in [6.07, 6.45) is 0. The fourth-order valence-electron chi connectivity index (χ4n) is 8.12. The number of hydrogen-bond donors (Lipinski definition) is 0. The first-order chi connectivity index (χ1) is 37.6. The molecule has 6 nitrogen and oxygen atoms in total. The molecule has 79 heavy (non-hydrogen) atoms. The van der Waals surface area contributed by atoms with Crippen LogP contribution in [0.5, 0.6) is 11.5 Å². The minimum absolute atomic E-state index is 0.0451. The van der Waals surface area contributed by atoms with E-state index in [1.165, 1.54) is 58.4 Å². The Morgan fingerprint density at radius 2 is 0.494 bits per heavy atom. The minimum atomic E-state index is -0.296. The van der Waals surface area contributed by atoms with Gasteiger partial charge >= 0.3 is 11.9 Å². The molecule has 6 heteroatoms. The average molecular weight is 1050 g/mol. The Morgan fingerprint density at radius 3 is 0.772 bits per heavy atom. The Morgan fingerprint density at radius 1 is 0.266 bits per heavy atom. The number of Topliss-reactive ketones (excluding diaryl/α,β-unsaturated/α-hetero) is 2. The summed E-state index contributed by atoms with van der Waals surface area (Å²) in [5.74, 6) is 0.825. The van der Waals surface area contributed by atoms with E-state index in [0.717, 1.165) is 11.1 Å². The van der Waals surface area contributed by atoms with Crippen molar-refractivity contribution < 1.29 is 28.7 Å². The molecule has 0 radical (unpaired) electrons. The van der Waals surface area contributed by atoms with Gasteiger partial charge in [0.05, 0.1) is 0 Å². The first-order valence-electron chi connectivity index (χ1n) is 26.6. The molecule has 0 unspecified atom stereocenters. The van der Waals surface area contributed by atoms with Gasteiger partial charge in [-0.05, 0) is 85.3 Å². The van der Waals surface area contributed by atoms with E-state index in [4.69, 9.17) is 9.47 Å². The van der Waals surface area contributed by atoms with Crippen LogP contribution in [0.3, 0.4) is 0 Å². The molecular weight excluding hydrogens is 973 g/mol. The number of rotatable bonds is 10. The molecule has 9 aromatic rings. The Labute approximate surface area is 471 Å². The third-order valence-electron chi connectivity index (χ3n) is 13.2. The summed E-state index contributed by atoms with van der Waals surface area (Å²) in [5.41, 5.74) is 11.8. The fraction of sp³-hybridized carbons (Fsp3) is 0.205. The molecule has 0 saturated heterocycles. The van der Waals surface area contributed by atoms with Gasteiger partial charge in [0.15, 0.2) is 11.6 Å². The molecule has 0 bridgehead atoms. The van der Waals surface area contributed by atoms with E-state index in [-0.39, 0.29) is 39.8 Å². The van der Waals surface area contributed by atoms with Crippen LogP contribution in [0.2, 0.25) is 0 Å². The molecule has 406 valence electrons. The highest BCUT2D eigenvalue weighted by molar-refractivity contribution is 5.94. The van der Waals surface area contributed by atoms with E-state index >= 15 is 0 Å². The number of ketones is 2. The second kappa shape index (κ2) is 31.5. The van der Waals surface area contributed by atoms with Crippen LogP contribution in [0.25, 0.3) is 0 Å². The molecule has 0 fully saturated rings. The zero-order valence-corrected chi connectivity index (χ0v) is 48.2. The highest BCUT2D eigenvalue weighted by atomic mass is 16.5. The third-order valence-corrected chi connectivity index (χ3v) is 13.2. The standard InChI is InChI=1S/C17H18O2.C17H18O.C16H18.C8H8O2.C8H8O.C7H8/c1-13(18)19-16-11-9-15(10-12-16)17(2,3)14-7-5-4-6-8-14;1-13(18)14-9-11-16(12-10-14)17(2,3)15-7-5-4-6-8-15;1-13-9-11-15(12-10-13)16(2,3)14-7-5-4-6-8-14;1-7(9)10-8-5-3-2-4-6-8;1-7(9)8-5-3-2-4-6-8;1-7-5-3-2-4-6-7/h4-12H,1-3H3;4-12H,1-3H3;4-12H,1-3H3;2-6H,1H3;2-6H,1H3;2-6H,1H3. The Kier molecular flexibility index (Phi) is 25.0. The van der Waals surface area contributed by atoms with Crippen LogP contribution < -0.4 is 9.47 Å². The molecule has 0 aromatic heterocycles. The molecule has 0 heterocycles. The average Bonchev–Trinajstić information content (AvgIpc) is 3.47. The van der Waals surface area contributed by atoms with Crippen LogP contribution in [-0.2, 0) is 25.8 Å². The van der Waals surface area contributed by atoms with E-state index in [0.29, 0.717) is 11.5 Å². The maximum atomic E-state index is 11.3. The first kappa shape index (κ1) is 62.8. The van der Waals surface area contributed by atoms with Crippen LogP contribution in [-0.4, -0.2) is 23.5 Å². The van der Waals surface area contributed by atoms with Crippen molar-refractivity contribution in [3.8, 4) is 11.5 Å². The van der Waals surface area contributed by atoms with Crippen LogP contribution in [0.4, 0.5) is 0 Å². The van der Waals surface area contributed by atoms with Gasteiger partial charge in [-0.15, -0.1) is 0 Å². The summed E-state index contributed by atoms with van der Waals surface area (Å²) < 4.78 is 9.82. The van der Waals surface area contributed by atoms with Crippen LogP contribution in [0.15, 0.2) is 255 Å². The highest BCUT2D eigenvalue weighted by Crippen LogP contribution is 2.34. The van der Waals surface area contributed by atoms with Crippen LogP contribution in [0.1, 0.15) is 134 Å². The van der Waals surface area contributed by atoms with Crippen molar-refractivity contribution in [2.45, 2.75) is 99.3 Å². The molecule has 9 aromatic carbocycles. The summed E-state index contributed by atoms with van der Waals surface area (Å²) >= 11 is 0. The molecule has 0 aliphatic rings. The van der Waals surface area contributed by atoms with Crippen molar-refractivity contribution in [1.82, 2.24) is 0 Å². The lowest BCUT2D eigenvalue weighted by Crippen LogP contribution is -2.18. The molecule has 0 saturated carbocycles. The van der Waals surface area contributed by atoms with Gasteiger partial charge in [-0.25, -0.2) is 0 Å². The smallest absolute Gasteiger partial charge is 0.308 e. The maximum absolute atomic E-state index is 11.3. The summed E-state index contributed by atoms with van der Waals surface area (Å²) in [6, 6.07) is 84.3. The Hall–Kier alpha value is -8.74. The number of aryl methyl sites for hydroxylation is 2. The summed E-state index contributed by atoms with van der Waals surface area (Å²) in [5, 5.41) is 0. The lowest BCUT2D eigenvalue weighted by atomic mass is 9.78. The van der Waals surface area contributed by atoms with E-state index in [9.17, 15) is 19.2 Å². The first-order valence-corrected chi connectivity index (χ1v) is 26.6. The number of carbonyl (C=O) groups is 4.